The first kappa shape index (κ1) is 14.0. The smallest absolute Gasteiger partial charge is 0.262 e. The van der Waals surface area contributed by atoms with Crippen molar-refractivity contribution in [2.45, 2.75) is 23.9 Å². The molecule has 4 heterocycles. The third-order valence-corrected chi connectivity index (χ3v) is 7.34. The lowest BCUT2D eigenvalue weighted by Gasteiger charge is -2.36. The SMILES string of the molecule is O=S(=O)(c1c(Cl)nc2sccn12)N1CCN2CCCC2C1. The first-order chi connectivity index (χ1) is 10.1. The highest BCUT2D eigenvalue weighted by molar-refractivity contribution is 7.89. The highest BCUT2D eigenvalue weighted by Crippen LogP contribution is 2.30. The minimum absolute atomic E-state index is 0.0655. The zero-order valence-corrected chi connectivity index (χ0v) is 13.7. The van der Waals surface area contributed by atoms with Gasteiger partial charge < -0.3 is 0 Å². The molecule has 0 radical (unpaired) electrons. The number of sulfonamides is 1. The van der Waals surface area contributed by atoms with Gasteiger partial charge in [0.2, 0.25) is 0 Å². The molecule has 0 amide bonds. The summed E-state index contributed by atoms with van der Waals surface area (Å²) < 4.78 is 29.0. The number of piperazine rings is 1. The van der Waals surface area contributed by atoms with Crippen LogP contribution >= 0.6 is 22.9 Å². The largest absolute Gasteiger partial charge is 0.298 e. The Morgan fingerprint density at radius 2 is 2.19 bits per heavy atom. The maximum Gasteiger partial charge on any atom is 0.262 e. The molecule has 0 saturated carbocycles. The van der Waals surface area contributed by atoms with Gasteiger partial charge in [0.1, 0.15) is 0 Å². The van der Waals surface area contributed by atoms with Gasteiger partial charge in [-0.3, -0.25) is 9.30 Å². The number of rotatable bonds is 2. The molecular weight excluding hydrogens is 332 g/mol. The summed E-state index contributed by atoms with van der Waals surface area (Å²) in [4.78, 5) is 7.12. The number of hydrogen-bond donors (Lipinski definition) is 0. The number of imidazole rings is 1. The van der Waals surface area contributed by atoms with Crippen LogP contribution in [0.2, 0.25) is 5.15 Å². The predicted octanol–water partition coefficient (Wildman–Crippen LogP) is 1.52. The van der Waals surface area contributed by atoms with Gasteiger partial charge in [-0.1, -0.05) is 11.6 Å². The number of nitrogens with zero attached hydrogens (tertiary/aromatic N) is 4. The Kier molecular flexibility index (Phi) is 3.27. The van der Waals surface area contributed by atoms with E-state index in [1.165, 1.54) is 11.3 Å². The molecule has 2 aromatic heterocycles. The van der Waals surface area contributed by atoms with Crippen molar-refractivity contribution in [1.82, 2.24) is 18.6 Å². The van der Waals surface area contributed by atoms with E-state index in [2.05, 4.69) is 9.88 Å². The highest BCUT2D eigenvalue weighted by atomic mass is 35.5. The van der Waals surface area contributed by atoms with Crippen LogP contribution in [0, 0.1) is 0 Å². The Labute approximate surface area is 132 Å². The van der Waals surface area contributed by atoms with Gasteiger partial charge in [-0.2, -0.15) is 4.31 Å². The van der Waals surface area contributed by atoms with Crippen molar-refractivity contribution in [2.24, 2.45) is 0 Å². The van der Waals surface area contributed by atoms with E-state index < -0.39 is 10.0 Å². The van der Waals surface area contributed by atoms with Crippen LogP contribution in [0.4, 0.5) is 0 Å². The molecule has 1 atom stereocenters. The number of aromatic nitrogens is 2. The molecule has 2 saturated heterocycles. The summed E-state index contributed by atoms with van der Waals surface area (Å²) in [5.41, 5.74) is 0. The van der Waals surface area contributed by atoms with Crippen molar-refractivity contribution in [3.05, 3.63) is 16.7 Å². The van der Waals surface area contributed by atoms with E-state index in [-0.39, 0.29) is 10.2 Å². The molecule has 0 spiro atoms. The lowest BCUT2D eigenvalue weighted by Crippen LogP contribution is -2.52. The predicted molar refractivity (Wildman–Crippen MR) is 81.4 cm³/mol. The zero-order chi connectivity index (χ0) is 14.6. The van der Waals surface area contributed by atoms with Gasteiger partial charge in [0.15, 0.2) is 15.1 Å². The summed E-state index contributed by atoms with van der Waals surface area (Å²) in [5.74, 6) is 0. The monoisotopic (exact) mass is 346 g/mol. The van der Waals surface area contributed by atoms with Crippen LogP contribution in [0.3, 0.4) is 0 Å². The first-order valence-corrected chi connectivity index (χ1v) is 9.62. The van der Waals surface area contributed by atoms with E-state index in [9.17, 15) is 8.42 Å². The highest BCUT2D eigenvalue weighted by Gasteiger charge is 2.38. The van der Waals surface area contributed by atoms with Crippen LogP contribution in [0.5, 0.6) is 0 Å². The second-order valence-corrected chi connectivity index (χ2v) is 8.54. The maximum absolute atomic E-state index is 12.9. The van der Waals surface area contributed by atoms with E-state index in [4.69, 9.17) is 11.6 Å². The Bertz CT molecular complexity index is 784. The van der Waals surface area contributed by atoms with Crippen molar-refractivity contribution >= 4 is 37.9 Å². The Hall–Kier alpha value is -0.670. The van der Waals surface area contributed by atoms with Crippen LogP contribution in [0.25, 0.3) is 4.96 Å². The molecule has 0 N–H and O–H groups in total. The van der Waals surface area contributed by atoms with E-state index >= 15 is 0 Å². The minimum atomic E-state index is -3.60. The molecule has 2 aromatic rings. The van der Waals surface area contributed by atoms with Crippen molar-refractivity contribution in [2.75, 3.05) is 26.2 Å². The van der Waals surface area contributed by atoms with Crippen molar-refractivity contribution in [1.29, 1.82) is 0 Å². The molecular formula is C12H15ClN4O2S2. The summed E-state index contributed by atoms with van der Waals surface area (Å²) in [5, 5.41) is 1.98. The summed E-state index contributed by atoms with van der Waals surface area (Å²) in [6.07, 6.45) is 3.93. The van der Waals surface area contributed by atoms with Gasteiger partial charge in [0.05, 0.1) is 0 Å². The maximum atomic E-state index is 12.9. The van der Waals surface area contributed by atoms with Crippen molar-refractivity contribution in [3.63, 3.8) is 0 Å². The zero-order valence-electron chi connectivity index (χ0n) is 11.3. The second kappa shape index (κ2) is 4.92. The van der Waals surface area contributed by atoms with Gasteiger partial charge >= 0.3 is 0 Å². The average Bonchev–Trinajstić information content (AvgIpc) is 3.11. The Morgan fingerprint density at radius 3 is 3.05 bits per heavy atom. The van der Waals surface area contributed by atoms with Gasteiger partial charge in [-0.05, 0) is 19.4 Å². The molecule has 9 heteroatoms. The summed E-state index contributed by atoms with van der Waals surface area (Å²) in [6.45, 7) is 2.95. The number of fused-ring (bicyclic) bond motifs is 2. The minimum Gasteiger partial charge on any atom is -0.298 e. The van der Waals surface area contributed by atoms with Crippen molar-refractivity contribution in [3.8, 4) is 0 Å². The van der Waals surface area contributed by atoms with Gasteiger partial charge in [0, 0.05) is 37.3 Å². The quantitative estimate of drug-likeness (QED) is 0.827. The molecule has 1 unspecified atom stereocenters. The number of thiazole rings is 1. The molecule has 4 rings (SSSR count). The van der Waals surface area contributed by atoms with E-state index in [1.54, 1.807) is 14.9 Å². The molecule has 21 heavy (non-hydrogen) atoms. The fraction of sp³-hybridized carbons (Fsp3) is 0.583. The third-order valence-electron chi connectivity index (χ3n) is 4.31. The standard InChI is InChI=1S/C12H15ClN4O2S2/c13-10-11(17-6-7-20-12(17)14-10)21(18,19)16-5-4-15-3-1-2-9(15)8-16/h6-7,9H,1-5,8H2. The molecule has 2 aliphatic heterocycles. The van der Waals surface area contributed by atoms with Crippen LogP contribution in [0.15, 0.2) is 16.6 Å². The van der Waals surface area contributed by atoms with Crippen LogP contribution in [0.1, 0.15) is 12.8 Å². The third kappa shape index (κ3) is 2.12. The van der Waals surface area contributed by atoms with Gasteiger partial charge in [-0.15, -0.1) is 11.3 Å². The molecule has 0 bridgehead atoms. The van der Waals surface area contributed by atoms with Gasteiger partial charge in [-0.25, -0.2) is 13.4 Å². The van der Waals surface area contributed by atoms with Crippen molar-refractivity contribution < 1.29 is 8.42 Å². The number of hydrogen-bond acceptors (Lipinski definition) is 5. The lowest BCUT2D eigenvalue weighted by molar-refractivity contribution is 0.158. The molecule has 0 aliphatic carbocycles. The number of halogens is 1. The molecule has 2 aliphatic rings. The van der Waals surface area contributed by atoms with Crippen LogP contribution < -0.4 is 0 Å². The normalized spacial score (nSPS) is 24.7. The molecule has 2 fully saturated rings. The fourth-order valence-corrected chi connectivity index (χ4v) is 6.15. The topological polar surface area (TPSA) is 57.9 Å². The van der Waals surface area contributed by atoms with E-state index in [1.807, 2.05) is 5.38 Å². The van der Waals surface area contributed by atoms with E-state index in [0.717, 1.165) is 25.9 Å². The van der Waals surface area contributed by atoms with Crippen LogP contribution in [-0.4, -0.2) is 59.2 Å². The van der Waals surface area contributed by atoms with E-state index in [0.29, 0.717) is 24.1 Å². The summed E-state index contributed by atoms with van der Waals surface area (Å²) >= 11 is 7.46. The fourth-order valence-electron chi connectivity index (χ4n) is 3.27. The summed E-state index contributed by atoms with van der Waals surface area (Å²) in [7, 11) is -3.60. The molecule has 0 aromatic carbocycles. The summed E-state index contributed by atoms with van der Waals surface area (Å²) in [6, 6.07) is 0.346. The lowest BCUT2D eigenvalue weighted by atomic mass is 10.2. The molecule has 114 valence electrons. The first-order valence-electron chi connectivity index (χ1n) is 6.92. The Balaban J connectivity index is 1.73. The second-order valence-electron chi connectivity index (χ2n) is 5.46. The van der Waals surface area contributed by atoms with Gasteiger partial charge in [0.25, 0.3) is 10.0 Å². The molecule has 6 nitrogen and oxygen atoms in total. The van der Waals surface area contributed by atoms with Crippen LogP contribution in [-0.2, 0) is 10.0 Å². The average molecular weight is 347 g/mol. The Morgan fingerprint density at radius 1 is 1.33 bits per heavy atom.